The van der Waals surface area contributed by atoms with E-state index in [1.165, 1.54) is 12.2 Å². The number of fused-ring (bicyclic) bond motifs is 5. The van der Waals surface area contributed by atoms with Crippen LogP contribution in [0.2, 0.25) is 0 Å². The molecule has 33 heavy (non-hydrogen) atoms. The average molecular weight is 481 g/mol. The van der Waals surface area contributed by atoms with Crippen molar-refractivity contribution in [3.63, 3.8) is 0 Å². The summed E-state index contributed by atoms with van der Waals surface area (Å²) < 4.78 is 23.2. The molecule has 8 atom stereocenters. The maximum Gasteiger partial charge on any atom is 0.306 e. The Morgan fingerprint density at radius 2 is 2.00 bits per heavy atom. The number of hydrogen-bond acceptors (Lipinski definition) is 5. The third-order valence-electron chi connectivity index (χ3n) is 9.45. The Labute approximate surface area is 199 Å². The lowest BCUT2D eigenvalue weighted by Gasteiger charge is -2.62. The van der Waals surface area contributed by atoms with Crippen LogP contribution in [0.25, 0.3) is 0 Å². The number of aliphatic hydroxyl groups excluding tert-OH is 1. The van der Waals surface area contributed by atoms with Gasteiger partial charge in [-0.2, -0.15) is 0 Å². The number of ketones is 2. The van der Waals surface area contributed by atoms with E-state index in [2.05, 4.69) is 0 Å². The van der Waals surface area contributed by atoms with Crippen LogP contribution in [0.3, 0.4) is 0 Å². The van der Waals surface area contributed by atoms with Gasteiger partial charge in [-0.05, 0) is 57.1 Å². The van der Waals surface area contributed by atoms with Crippen LogP contribution >= 0.6 is 11.6 Å². The van der Waals surface area contributed by atoms with E-state index in [1.54, 1.807) is 13.0 Å². The highest BCUT2D eigenvalue weighted by atomic mass is 35.5. The molecular formula is C26H34ClFO5. The van der Waals surface area contributed by atoms with Crippen molar-refractivity contribution in [2.45, 2.75) is 83.6 Å². The highest BCUT2D eigenvalue weighted by molar-refractivity contribution is 6.29. The van der Waals surface area contributed by atoms with Crippen molar-refractivity contribution in [3.05, 3.63) is 23.8 Å². The standard InChI is InChI=1S/C26H34ClFO5/c1-5-6-22(32)33-26(21(31)14-27)15(2)11-19-18-8-7-16-12-17(29)9-10-23(16,3)25(18,28)20(30)13-24(19,26)4/h9-10,12,15,18-20,30H,5-8,11,13-14H2,1-4H3/t15-,18-,19-,20-,23-,24-,25-,26+/m0/s1. The van der Waals surface area contributed by atoms with Crippen molar-refractivity contribution < 1.29 is 28.6 Å². The topological polar surface area (TPSA) is 80.7 Å². The molecule has 3 fully saturated rings. The quantitative estimate of drug-likeness (QED) is 0.463. The zero-order valence-corrected chi connectivity index (χ0v) is 20.6. The van der Waals surface area contributed by atoms with Gasteiger partial charge < -0.3 is 9.84 Å². The van der Waals surface area contributed by atoms with Crippen LogP contribution < -0.4 is 0 Å². The van der Waals surface area contributed by atoms with Crippen molar-refractivity contribution in [2.24, 2.45) is 28.6 Å². The van der Waals surface area contributed by atoms with Crippen molar-refractivity contribution in [3.8, 4) is 0 Å². The molecule has 0 bridgehead atoms. The second kappa shape index (κ2) is 8.01. The summed E-state index contributed by atoms with van der Waals surface area (Å²) in [5.41, 5.74) is -4.84. The van der Waals surface area contributed by atoms with E-state index < -0.39 is 40.1 Å². The highest BCUT2D eigenvalue weighted by Gasteiger charge is 2.77. The van der Waals surface area contributed by atoms with Gasteiger partial charge in [-0.1, -0.05) is 32.4 Å². The number of ether oxygens (including phenoxy) is 1. The van der Waals surface area contributed by atoms with E-state index in [-0.39, 0.29) is 42.1 Å². The van der Waals surface area contributed by atoms with Crippen molar-refractivity contribution in [2.75, 3.05) is 5.88 Å². The largest absolute Gasteiger partial charge is 0.450 e. The van der Waals surface area contributed by atoms with Crippen LogP contribution in [-0.2, 0) is 19.1 Å². The van der Waals surface area contributed by atoms with Crippen LogP contribution in [0, 0.1) is 28.6 Å². The van der Waals surface area contributed by atoms with Gasteiger partial charge in [0.1, 0.15) is 0 Å². The zero-order valence-electron chi connectivity index (χ0n) is 19.8. The number of hydrogen-bond donors (Lipinski definition) is 1. The molecule has 4 aliphatic carbocycles. The highest BCUT2D eigenvalue weighted by Crippen LogP contribution is 2.71. The molecule has 0 saturated heterocycles. The van der Waals surface area contributed by atoms with Crippen molar-refractivity contribution in [1.82, 2.24) is 0 Å². The molecule has 4 rings (SSSR count). The molecule has 3 saturated carbocycles. The van der Waals surface area contributed by atoms with Gasteiger partial charge in [0.05, 0.1) is 12.0 Å². The van der Waals surface area contributed by atoms with Crippen LogP contribution in [0.5, 0.6) is 0 Å². The Morgan fingerprint density at radius 3 is 2.64 bits per heavy atom. The van der Waals surface area contributed by atoms with E-state index >= 15 is 4.39 Å². The summed E-state index contributed by atoms with van der Waals surface area (Å²) in [7, 11) is 0. The molecule has 0 spiro atoms. The third kappa shape index (κ3) is 3.02. The first kappa shape index (κ1) is 24.6. The maximum absolute atomic E-state index is 17.2. The lowest BCUT2D eigenvalue weighted by Crippen LogP contribution is -2.70. The molecule has 5 nitrogen and oxygen atoms in total. The number of halogens is 2. The van der Waals surface area contributed by atoms with E-state index in [9.17, 15) is 19.5 Å². The molecule has 0 amide bonds. The summed E-state index contributed by atoms with van der Waals surface area (Å²) in [6.45, 7) is 7.35. The Kier molecular flexibility index (Phi) is 5.97. The van der Waals surface area contributed by atoms with E-state index in [1.807, 2.05) is 20.8 Å². The molecular weight excluding hydrogens is 447 g/mol. The van der Waals surface area contributed by atoms with Gasteiger partial charge in [-0.25, -0.2) is 4.39 Å². The summed E-state index contributed by atoms with van der Waals surface area (Å²) >= 11 is 6.04. The van der Waals surface area contributed by atoms with Gasteiger partial charge in [0.25, 0.3) is 0 Å². The first-order valence-corrected chi connectivity index (χ1v) is 12.6. The van der Waals surface area contributed by atoms with Crippen LogP contribution in [0.15, 0.2) is 23.8 Å². The minimum Gasteiger partial charge on any atom is -0.450 e. The number of Topliss-reactive ketones (excluding diaryl/α,β-unsaturated/α-hetero) is 1. The first-order chi connectivity index (χ1) is 15.4. The predicted molar refractivity (Wildman–Crippen MR) is 122 cm³/mol. The Bertz CT molecular complexity index is 945. The van der Waals surface area contributed by atoms with Gasteiger partial charge in [-0.3, -0.25) is 14.4 Å². The molecule has 182 valence electrons. The number of aliphatic hydroxyl groups is 1. The summed E-state index contributed by atoms with van der Waals surface area (Å²) in [5, 5.41) is 11.5. The monoisotopic (exact) mass is 480 g/mol. The van der Waals surface area contributed by atoms with Gasteiger partial charge in [0.15, 0.2) is 22.8 Å². The molecule has 0 heterocycles. The summed E-state index contributed by atoms with van der Waals surface area (Å²) in [5.74, 6) is -2.52. The lowest BCUT2D eigenvalue weighted by atomic mass is 9.44. The molecule has 0 aromatic rings. The van der Waals surface area contributed by atoms with E-state index in [4.69, 9.17) is 16.3 Å². The minimum atomic E-state index is -1.99. The Hall–Kier alpha value is -1.53. The fourth-order valence-corrected chi connectivity index (χ4v) is 8.13. The molecule has 7 heteroatoms. The molecule has 0 aromatic heterocycles. The fraction of sp³-hybridized carbons (Fsp3) is 0.731. The third-order valence-corrected chi connectivity index (χ3v) is 9.69. The second-order valence-electron chi connectivity index (χ2n) is 10.9. The fourth-order valence-electron chi connectivity index (χ4n) is 7.93. The minimum absolute atomic E-state index is 0.0261. The molecule has 1 N–H and O–H groups in total. The molecule has 0 unspecified atom stereocenters. The van der Waals surface area contributed by atoms with E-state index in [0.717, 1.165) is 0 Å². The number of allylic oxidation sites excluding steroid dienone is 4. The number of carbonyl (C=O) groups excluding carboxylic acids is 3. The van der Waals surface area contributed by atoms with Crippen LogP contribution in [0.4, 0.5) is 4.39 Å². The molecule has 0 radical (unpaired) electrons. The second-order valence-corrected chi connectivity index (χ2v) is 11.2. The number of rotatable bonds is 5. The van der Waals surface area contributed by atoms with Gasteiger partial charge in [0, 0.05) is 29.1 Å². The smallest absolute Gasteiger partial charge is 0.306 e. The zero-order chi connectivity index (χ0) is 24.4. The molecule has 4 aliphatic rings. The average Bonchev–Trinajstić information content (AvgIpc) is 2.97. The Morgan fingerprint density at radius 1 is 1.30 bits per heavy atom. The molecule has 0 aromatic carbocycles. The maximum atomic E-state index is 17.2. The van der Waals surface area contributed by atoms with Gasteiger partial charge in [-0.15, -0.1) is 11.6 Å². The lowest BCUT2D eigenvalue weighted by molar-refractivity contribution is -0.227. The first-order valence-electron chi connectivity index (χ1n) is 12.0. The summed E-state index contributed by atoms with van der Waals surface area (Å²) in [6, 6.07) is 0. The summed E-state index contributed by atoms with van der Waals surface area (Å²) in [6.07, 6.45) is 5.33. The van der Waals surface area contributed by atoms with Crippen molar-refractivity contribution in [1.29, 1.82) is 0 Å². The SMILES string of the molecule is CCCC(=O)O[C@@]1(C(=O)CCl)[C@@H](C)C[C@H]2[C@@H]3CCC4=CC(=O)C=C[C@]4(C)[C@@]3(F)[C@@H](O)C[C@@]21C. The van der Waals surface area contributed by atoms with Gasteiger partial charge >= 0.3 is 5.97 Å². The number of esters is 1. The number of alkyl halides is 2. The number of carbonyl (C=O) groups is 3. The van der Waals surface area contributed by atoms with E-state index in [0.29, 0.717) is 31.3 Å². The van der Waals surface area contributed by atoms with Gasteiger partial charge in [0.2, 0.25) is 0 Å². The summed E-state index contributed by atoms with van der Waals surface area (Å²) in [4.78, 5) is 38.0. The van der Waals surface area contributed by atoms with Crippen LogP contribution in [-0.4, -0.2) is 45.9 Å². The predicted octanol–water partition coefficient (Wildman–Crippen LogP) is 4.49. The Balaban J connectivity index is 1.83. The van der Waals surface area contributed by atoms with Crippen molar-refractivity contribution >= 4 is 29.1 Å². The van der Waals surface area contributed by atoms with Crippen LogP contribution in [0.1, 0.15) is 66.2 Å². The molecule has 0 aliphatic heterocycles. The normalized spacial score (nSPS) is 46.2.